The molecule has 5 heteroatoms. The highest BCUT2D eigenvalue weighted by molar-refractivity contribution is 9.10. The van der Waals surface area contributed by atoms with E-state index in [1.54, 1.807) is 31.2 Å². The highest BCUT2D eigenvalue weighted by Crippen LogP contribution is 2.31. The van der Waals surface area contributed by atoms with Gasteiger partial charge in [-0.15, -0.1) is 0 Å². The van der Waals surface area contributed by atoms with Crippen molar-refractivity contribution in [2.45, 2.75) is 6.92 Å². The molecule has 0 aliphatic rings. The average Bonchev–Trinajstić information content (AvgIpc) is 2.78. The van der Waals surface area contributed by atoms with Crippen molar-refractivity contribution in [2.75, 3.05) is 6.61 Å². The van der Waals surface area contributed by atoms with E-state index >= 15 is 0 Å². The Morgan fingerprint density at radius 1 is 1.39 bits per heavy atom. The number of benzene rings is 1. The van der Waals surface area contributed by atoms with E-state index in [-0.39, 0.29) is 5.76 Å². The Labute approximate surface area is 118 Å². The van der Waals surface area contributed by atoms with Crippen LogP contribution in [-0.4, -0.2) is 12.6 Å². The second kappa shape index (κ2) is 5.59. The van der Waals surface area contributed by atoms with Crippen LogP contribution in [0.15, 0.2) is 39.2 Å². The minimum atomic E-state index is -0.464. The summed E-state index contributed by atoms with van der Waals surface area (Å²) in [7, 11) is 0. The number of halogens is 2. The molecule has 0 saturated heterocycles. The molecule has 0 amide bonds. The molecule has 1 aromatic heterocycles. The summed E-state index contributed by atoms with van der Waals surface area (Å²) in [6.45, 7) is 2.07. The third kappa shape index (κ3) is 2.76. The van der Waals surface area contributed by atoms with Crippen LogP contribution in [0.1, 0.15) is 17.5 Å². The SMILES string of the molecule is CCOC(=O)c1ccc(-c2ccc(Cl)cc2Br)o1. The Morgan fingerprint density at radius 3 is 2.83 bits per heavy atom. The normalized spacial score (nSPS) is 10.4. The second-order valence-corrected chi connectivity index (χ2v) is 4.80. The molecule has 0 aliphatic carbocycles. The Kier molecular flexibility index (Phi) is 4.09. The van der Waals surface area contributed by atoms with Crippen LogP contribution in [0.25, 0.3) is 11.3 Å². The molecule has 0 atom stereocenters. The van der Waals surface area contributed by atoms with Gasteiger partial charge in [-0.1, -0.05) is 11.6 Å². The largest absolute Gasteiger partial charge is 0.460 e. The Bertz CT molecular complexity index is 577. The summed E-state index contributed by atoms with van der Waals surface area (Å²) >= 11 is 9.27. The van der Waals surface area contributed by atoms with Crippen molar-refractivity contribution in [3.05, 3.63) is 45.6 Å². The minimum Gasteiger partial charge on any atom is -0.460 e. The molecule has 0 unspecified atom stereocenters. The minimum absolute atomic E-state index is 0.189. The topological polar surface area (TPSA) is 39.4 Å². The molecule has 2 aromatic rings. The number of esters is 1. The Balaban J connectivity index is 2.32. The molecule has 0 fully saturated rings. The molecule has 0 spiro atoms. The molecule has 3 nitrogen and oxygen atoms in total. The molecular formula is C13H10BrClO3. The fourth-order valence-electron chi connectivity index (χ4n) is 1.48. The molecule has 0 saturated carbocycles. The van der Waals surface area contributed by atoms with Crippen LogP contribution in [0.2, 0.25) is 5.02 Å². The van der Waals surface area contributed by atoms with E-state index in [2.05, 4.69) is 15.9 Å². The van der Waals surface area contributed by atoms with Gasteiger partial charge in [-0.3, -0.25) is 0 Å². The van der Waals surface area contributed by atoms with Gasteiger partial charge in [-0.05, 0) is 53.2 Å². The first-order valence-corrected chi connectivity index (χ1v) is 6.51. The molecule has 2 rings (SSSR count). The molecule has 18 heavy (non-hydrogen) atoms. The molecule has 0 N–H and O–H groups in total. The number of furan rings is 1. The van der Waals surface area contributed by atoms with Crippen LogP contribution in [0.5, 0.6) is 0 Å². The van der Waals surface area contributed by atoms with Crippen LogP contribution < -0.4 is 0 Å². The summed E-state index contributed by atoms with van der Waals surface area (Å²) < 4.78 is 11.1. The molecular weight excluding hydrogens is 319 g/mol. The van der Waals surface area contributed by atoms with E-state index in [0.29, 0.717) is 17.4 Å². The Hall–Kier alpha value is -1.26. The fraction of sp³-hybridized carbons (Fsp3) is 0.154. The third-order valence-corrected chi connectivity index (χ3v) is 3.17. The first-order chi connectivity index (χ1) is 8.61. The Morgan fingerprint density at radius 2 is 2.17 bits per heavy atom. The first kappa shape index (κ1) is 13.2. The predicted molar refractivity (Wildman–Crippen MR) is 72.8 cm³/mol. The molecule has 0 bridgehead atoms. The lowest BCUT2D eigenvalue weighted by Crippen LogP contribution is -2.02. The molecule has 0 aliphatic heterocycles. The fourth-order valence-corrected chi connectivity index (χ4v) is 2.36. The van der Waals surface area contributed by atoms with Gasteiger partial charge in [-0.25, -0.2) is 4.79 Å². The summed E-state index contributed by atoms with van der Waals surface area (Å²) in [5.41, 5.74) is 0.829. The maximum Gasteiger partial charge on any atom is 0.374 e. The van der Waals surface area contributed by atoms with Gasteiger partial charge in [0, 0.05) is 15.1 Å². The number of carbonyl (C=O) groups excluding carboxylic acids is 1. The van der Waals surface area contributed by atoms with Gasteiger partial charge in [0.15, 0.2) is 0 Å². The van der Waals surface area contributed by atoms with Crippen molar-refractivity contribution in [3.8, 4) is 11.3 Å². The van der Waals surface area contributed by atoms with Crippen LogP contribution in [0, 0.1) is 0 Å². The van der Waals surface area contributed by atoms with Crippen LogP contribution in [0.3, 0.4) is 0 Å². The van der Waals surface area contributed by atoms with Crippen molar-refractivity contribution in [2.24, 2.45) is 0 Å². The third-order valence-electron chi connectivity index (χ3n) is 2.28. The van der Waals surface area contributed by atoms with Gasteiger partial charge < -0.3 is 9.15 Å². The van der Waals surface area contributed by atoms with Gasteiger partial charge in [0.1, 0.15) is 5.76 Å². The molecule has 1 heterocycles. The van der Waals surface area contributed by atoms with Gasteiger partial charge in [0.25, 0.3) is 0 Å². The van der Waals surface area contributed by atoms with Gasteiger partial charge >= 0.3 is 5.97 Å². The van der Waals surface area contributed by atoms with E-state index in [0.717, 1.165) is 10.0 Å². The van der Waals surface area contributed by atoms with Gasteiger partial charge in [0.05, 0.1) is 6.61 Å². The maximum absolute atomic E-state index is 11.5. The van der Waals surface area contributed by atoms with Crippen molar-refractivity contribution >= 4 is 33.5 Å². The van der Waals surface area contributed by atoms with Crippen molar-refractivity contribution in [3.63, 3.8) is 0 Å². The highest BCUT2D eigenvalue weighted by atomic mass is 79.9. The summed E-state index contributed by atoms with van der Waals surface area (Å²) in [4.78, 5) is 11.5. The summed E-state index contributed by atoms with van der Waals surface area (Å²) in [5.74, 6) is 0.309. The van der Waals surface area contributed by atoms with E-state index in [9.17, 15) is 4.79 Å². The summed E-state index contributed by atoms with van der Waals surface area (Å²) in [6.07, 6.45) is 0. The quantitative estimate of drug-likeness (QED) is 0.776. The zero-order valence-corrected chi connectivity index (χ0v) is 11.9. The number of rotatable bonds is 3. The number of hydrogen-bond donors (Lipinski definition) is 0. The van der Waals surface area contributed by atoms with Crippen molar-refractivity contribution in [1.82, 2.24) is 0 Å². The van der Waals surface area contributed by atoms with Crippen LogP contribution in [0.4, 0.5) is 0 Å². The second-order valence-electron chi connectivity index (χ2n) is 3.51. The summed E-state index contributed by atoms with van der Waals surface area (Å²) in [5, 5.41) is 0.628. The highest BCUT2D eigenvalue weighted by Gasteiger charge is 2.14. The number of ether oxygens (including phenoxy) is 1. The average molecular weight is 330 g/mol. The maximum atomic E-state index is 11.5. The summed E-state index contributed by atoms with van der Waals surface area (Å²) in [6, 6.07) is 8.66. The molecule has 0 radical (unpaired) electrons. The lowest BCUT2D eigenvalue weighted by atomic mass is 10.2. The zero-order valence-electron chi connectivity index (χ0n) is 9.57. The van der Waals surface area contributed by atoms with Gasteiger partial charge in [-0.2, -0.15) is 0 Å². The van der Waals surface area contributed by atoms with E-state index in [4.69, 9.17) is 20.8 Å². The molecule has 1 aromatic carbocycles. The van der Waals surface area contributed by atoms with Gasteiger partial charge in [0.2, 0.25) is 5.76 Å². The standard InChI is InChI=1S/C13H10BrClO3/c1-2-17-13(16)12-6-5-11(18-12)9-4-3-8(15)7-10(9)14/h3-7H,2H2,1H3. The predicted octanol–water partition coefficient (Wildman–Crippen LogP) is 4.54. The van der Waals surface area contributed by atoms with E-state index in [1.807, 2.05) is 6.07 Å². The van der Waals surface area contributed by atoms with Crippen molar-refractivity contribution in [1.29, 1.82) is 0 Å². The van der Waals surface area contributed by atoms with E-state index in [1.165, 1.54) is 0 Å². The van der Waals surface area contributed by atoms with Crippen molar-refractivity contribution < 1.29 is 13.9 Å². The van der Waals surface area contributed by atoms with Crippen LogP contribution >= 0.6 is 27.5 Å². The molecule has 94 valence electrons. The lowest BCUT2D eigenvalue weighted by Gasteiger charge is -2.01. The smallest absolute Gasteiger partial charge is 0.374 e. The van der Waals surface area contributed by atoms with E-state index < -0.39 is 5.97 Å². The zero-order chi connectivity index (χ0) is 13.1. The lowest BCUT2D eigenvalue weighted by molar-refractivity contribution is 0.0491. The monoisotopic (exact) mass is 328 g/mol. The first-order valence-electron chi connectivity index (χ1n) is 5.34. The number of hydrogen-bond acceptors (Lipinski definition) is 3. The van der Waals surface area contributed by atoms with Crippen LogP contribution in [-0.2, 0) is 4.74 Å². The number of carbonyl (C=O) groups is 1.